The average Bonchev–Trinajstić information content (AvgIpc) is 3.52. The van der Waals surface area contributed by atoms with E-state index in [0.29, 0.717) is 11.8 Å². The third-order valence-electron chi connectivity index (χ3n) is 6.45. The summed E-state index contributed by atoms with van der Waals surface area (Å²) in [6, 6.07) is 29.3. The van der Waals surface area contributed by atoms with Gasteiger partial charge in [-0.2, -0.15) is 11.1 Å². The van der Waals surface area contributed by atoms with E-state index >= 15 is 0 Å². The number of pyridine rings is 2. The topological polar surface area (TPSA) is 25.8 Å². The number of hydrogen-bond donors (Lipinski definition) is 0. The molecule has 2 nitrogen and oxygen atoms in total. The summed E-state index contributed by atoms with van der Waals surface area (Å²) in [7, 11) is 0. The summed E-state index contributed by atoms with van der Waals surface area (Å²) in [5.41, 5.74) is 7.78. The summed E-state index contributed by atoms with van der Waals surface area (Å²) in [6.45, 7) is 0. The second-order valence-corrected chi connectivity index (χ2v) is 8.70. The van der Waals surface area contributed by atoms with Crippen molar-refractivity contribution in [3.63, 3.8) is 0 Å². The number of aryl methyl sites for hydroxylation is 2. The van der Waals surface area contributed by atoms with Crippen LogP contribution < -0.4 is 49.6 Å². The number of halogens is 4. The minimum atomic E-state index is 0. The molecule has 2 aromatic heterocycles. The predicted molar refractivity (Wildman–Crippen MR) is 139 cm³/mol. The zero-order valence-corrected chi connectivity index (χ0v) is 27.2. The number of allylic oxidation sites excluding steroid dienone is 2. The predicted octanol–water partition coefficient (Wildman–Crippen LogP) is -4.73. The van der Waals surface area contributed by atoms with Gasteiger partial charge in [0.25, 0.3) is 0 Å². The Balaban J connectivity index is 0. The van der Waals surface area contributed by atoms with Crippen molar-refractivity contribution in [3.8, 4) is 0 Å². The number of nitrogens with zero attached hydrogens (tertiary/aromatic N) is 2. The molecule has 2 radical (unpaired) electrons. The molecule has 0 bridgehead atoms. The van der Waals surface area contributed by atoms with E-state index in [1.54, 1.807) is 0 Å². The van der Waals surface area contributed by atoms with Crippen molar-refractivity contribution in [3.05, 3.63) is 143 Å². The van der Waals surface area contributed by atoms with Gasteiger partial charge in [-0.25, -0.2) is 12.2 Å². The summed E-state index contributed by atoms with van der Waals surface area (Å²) in [6.07, 6.45) is 19.0. The molecule has 0 spiro atoms. The monoisotopic (exact) mass is 684 g/mol. The van der Waals surface area contributed by atoms with Crippen molar-refractivity contribution < 1.29 is 84.4 Å². The van der Waals surface area contributed by atoms with Gasteiger partial charge in [0.05, 0.1) is 0 Å². The first-order valence-electron chi connectivity index (χ1n) is 12.0. The van der Waals surface area contributed by atoms with Crippen LogP contribution in [0.25, 0.3) is 12.2 Å². The standard InChI is InChI=1S/2C16H14N.4ClH.2Cr/c2*1-2-7-16-13(5-1)8-9-14(16)10-11-15-6-3-4-12-17-15;;;;;;/h2*1-8,12,14H,10-11H2;4*1H;;/q2*-1;;;;;2*+3/p-4. The van der Waals surface area contributed by atoms with Crippen LogP contribution in [0, 0.1) is 12.2 Å². The van der Waals surface area contributed by atoms with E-state index < -0.39 is 0 Å². The van der Waals surface area contributed by atoms with Gasteiger partial charge >= 0.3 is 34.7 Å². The molecular weight excluding hydrogens is 658 g/mol. The SMILES string of the molecule is [C-]1=Cc2ccccc2C1CCc1ccccn1.[C-]1=Cc2ccccc2C1CCc1ccccn1.[Cl-].[Cl-].[Cl-].[Cl-].[Cr+3].[Cr+3]. The van der Waals surface area contributed by atoms with E-state index in [-0.39, 0.29) is 84.4 Å². The molecule has 2 aliphatic carbocycles. The molecule has 0 aliphatic heterocycles. The molecule has 0 N–H and O–H groups in total. The van der Waals surface area contributed by atoms with Crippen LogP contribution in [-0.2, 0) is 47.6 Å². The third-order valence-corrected chi connectivity index (χ3v) is 6.45. The fourth-order valence-corrected chi connectivity index (χ4v) is 4.63. The average molecular weight is 686 g/mol. The minimum absolute atomic E-state index is 0. The van der Waals surface area contributed by atoms with E-state index in [2.05, 4.69) is 94.9 Å². The Hall–Kier alpha value is -1.56. The molecule has 40 heavy (non-hydrogen) atoms. The van der Waals surface area contributed by atoms with Crippen LogP contribution in [0.1, 0.15) is 58.3 Å². The summed E-state index contributed by atoms with van der Waals surface area (Å²) in [5.74, 6) is 0.876. The number of benzene rings is 2. The number of aromatic nitrogens is 2. The summed E-state index contributed by atoms with van der Waals surface area (Å²) in [5, 5.41) is 0. The molecule has 0 saturated heterocycles. The Kier molecular flexibility index (Phi) is 21.5. The summed E-state index contributed by atoms with van der Waals surface area (Å²) >= 11 is 0. The normalized spacial score (nSPS) is 14.5. The van der Waals surface area contributed by atoms with E-state index in [4.69, 9.17) is 0 Å². The van der Waals surface area contributed by atoms with E-state index in [1.807, 2.05) is 36.7 Å². The van der Waals surface area contributed by atoms with Crippen LogP contribution in [0.4, 0.5) is 0 Å². The second kappa shape index (κ2) is 21.2. The van der Waals surface area contributed by atoms with Crippen LogP contribution in [0.3, 0.4) is 0 Å². The van der Waals surface area contributed by atoms with Crippen molar-refractivity contribution in [1.82, 2.24) is 9.97 Å². The Morgan fingerprint density at radius 1 is 0.500 bits per heavy atom. The van der Waals surface area contributed by atoms with Crippen LogP contribution >= 0.6 is 0 Å². The number of fused-ring (bicyclic) bond motifs is 2. The smallest absolute Gasteiger partial charge is 1.00 e. The van der Waals surface area contributed by atoms with Crippen LogP contribution in [-0.4, -0.2) is 9.97 Å². The first-order valence-corrected chi connectivity index (χ1v) is 12.0. The fraction of sp³-hybridized carbons (Fsp3) is 0.188. The Morgan fingerprint density at radius 2 is 0.875 bits per heavy atom. The van der Waals surface area contributed by atoms with E-state index in [0.717, 1.165) is 25.7 Å². The molecule has 0 fully saturated rings. The van der Waals surface area contributed by atoms with Crippen molar-refractivity contribution in [1.29, 1.82) is 0 Å². The maximum atomic E-state index is 4.36. The first-order chi connectivity index (χ1) is 16.9. The quantitative estimate of drug-likeness (QED) is 0.191. The second-order valence-electron chi connectivity index (χ2n) is 8.70. The summed E-state index contributed by atoms with van der Waals surface area (Å²) in [4.78, 5) is 8.72. The minimum Gasteiger partial charge on any atom is -1.00 e. The Labute approximate surface area is 285 Å². The van der Waals surface area contributed by atoms with Gasteiger partial charge in [-0.05, 0) is 37.1 Å². The maximum Gasteiger partial charge on any atom is 3.00 e. The van der Waals surface area contributed by atoms with Crippen molar-refractivity contribution in [2.24, 2.45) is 0 Å². The molecular formula is C32H28Cl4Cr2N2. The van der Waals surface area contributed by atoms with Crippen LogP contribution in [0.2, 0.25) is 0 Å². The van der Waals surface area contributed by atoms with Gasteiger partial charge in [-0.15, -0.1) is 23.3 Å². The zero-order valence-electron chi connectivity index (χ0n) is 21.6. The molecule has 206 valence electrons. The van der Waals surface area contributed by atoms with Crippen LogP contribution in [0.15, 0.2) is 97.3 Å². The molecule has 0 amide bonds. The first kappa shape index (κ1) is 40.6. The molecule has 4 aromatic rings. The number of hydrogen-bond acceptors (Lipinski definition) is 2. The van der Waals surface area contributed by atoms with Gasteiger partial charge in [-0.1, -0.05) is 73.2 Å². The number of rotatable bonds is 6. The molecule has 6 rings (SSSR count). The van der Waals surface area contributed by atoms with Crippen LogP contribution in [0.5, 0.6) is 0 Å². The largest absolute Gasteiger partial charge is 3.00 e. The van der Waals surface area contributed by atoms with Crippen molar-refractivity contribution >= 4 is 12.2 Å². The van der Waals surface area contributed by atoms with Gasteiger partial charge in [0, 0.05) is 23.8 Å². The van der Waals surface area contributed by atoms with Gasteiger partial charge < -0.3 is 49.6 Å². The van der Waals surface area contributed by atoms with Gasteiger partial charge in [0.1, 0.15) is 0 Å². The maximum absolute atomic E-state index is 4.36. The Bertz CT molecular complexity index is 1190. The van der Waals surface area contributed by atoms with Crippen molar-refractivity contribution in [2.45, 2.75) is 37.5 Å². The summed E-state index contributed by atoms with van der Waals surface area (Å²) < 4.78 is 0. The van der Waals surface area contributed by atoms with Gasteiger partial charge in [0.2, 0.25) is 0 Å². The molecule has 2 aliphatic rings. The van der Waals surface area contributed by atoms with Gasteiger partial charge in [0.15, 0.2) is 0 Å². The molecule has 2 aromatic carbocycles. The molecule has 2 heterocycles. The zero-order chi connectivity index (χ0) is 23.0. The van der Waals surface area contributed by atoms with Crippen molar-refractivity contribution in [2.75, 3.05) is 0 Å². The van der Waals surface area contributed by atoms with E-state index in [1.165, 1.54) is 33.6 Å². The van der Waals surface area contributed by atoms with E-state index in [9.17, 15) is 0 Å². The molecule has 8 heteroatoms. The molecule has 2 atom stereocenters. The molecule has 0 saturated carbocycles. The third kappa shape index (κ3) is 11.0. The Morgan fingerprint density at radius 3 is 1.25 bits per heavy atom. The fourth-order valence-electron chi connectivity index (χ4n) is 4.63. The van der Waals surface area contributed by atoms with Gasteiger partial charge in [-0.3, -0.25) is 22.1 Å². The molecule has 2 unspecified atom stereocenters.